The average Bonchev–Trinajstić information content (AvgIpc) is 2.18. The highest BCUT2D eigenvalue weighted by Gasteiger charge is 2.16. The lowest BCUT2D eigenvalue weighted by Gasteiger charge is -2.11. The highest BCUT2D eigenvalue weighted by Crippen LogP contribution is 1.89. The van der Waals surface area contributed by atoms with Crippen LogP contribution in [-0.4, -0.2) is 31.3 Å². The van der Waals surface area contributed by atoms with Gasteiger partial charge in [0.05, 0.1) is 6.61 Å². The molecule has 0 aliphatic heterocycles. The third-order valence-corrected chi connectivity index (χ3v) is 1.70. The van der Waals surface area contributed by atoms with Crippen LogP contribution in [0, 0.1) is 9.85 Å². The minimum atomic E-state index is -0.718. The molecule has 1 atom stereocenters. The van der Waals surface area contributed by atoms with Gasteiger partial charge in [0, 0.05) is 22.6 Å². The number of alkyl carbamates (subject to hydrolysis) is 1. The first-order valence-electron chi connectivity index (χ1n) is 4.30. The number of rotatable bonds is 4. The highest BCUT2D eigenvalue weighted by atomic mass is 127. The van der Waals surface area contributed by atoms with Gasteiger partial charge in [0.1, 0.15) is 6.04 Å². The Balaban J connectivity index is 3.83. The molecule has 84 valence electrons. The molecule has 0 fully saturated rings. The number of amides is 1. The summed E-state index contributed by atoms with van der Waals surface area (Å²) in [7, 11) is 0. The topological polar surface area (TPSA) is 64.6 Å². The highest BCUT2D eigenvalue weighted by molar-refractivity contribution is 14.1. The zero-order chi connectivity index (χ0) is 11.7. The fourth-order valence-corrected chi connectivity index (χ4v) is 0.829. The Hall–Kier alpha value is -0.970. The standard InChI is InChI=1S/C9H12INO4/c1-3-14-8(12)7(2)11-9(13)15-6-4-5-10/h7H,3,6H2,1-2H3,(H,11,13)/t7-/m0/s1. The van der Waals surface area contributed by atoms with E-state index in [1.54, 1.807) is 6.92 Å². The first kappa shape index (κ1) is 14.0. The zero-order valence-electron chi connectivity index (χ0n) is 8.50. The fourth-order valence-electron chi connectivity index (χ4n) is 0.674. The number of carbonyl (C=O) groups excluding carboxylic acids is 2. The van der Waals surface area contributed by atoms with Crippen LogP contribution in [-0.2, 0) is 14.3 Å². The average molecular weight is 325 g/mol. The van der Waals surface area contributed by atoms with Crippen LogP contribution >= 0.6 is 22.6 Å². The van der Waals surface area contributed by atoms with E-state index in [1.165, 1.54) is 6.92 Å². The van der Waals surface area contributed by atoms with E-state index in [-0.39, 0.29) is 13.2 Å². The predicted molar refractivity (Wildman–Crippen MR) is 62.4 cm³/mol. The third-order valence-electron chi connectivity index (χ3n) is 1.32. The number of carbonyl (C=O) groups is 2. The zero-order valence-corrected chi connectivity index (χ0v) is 10.7. The monoisotopic (exact) mass is 325 g/mol. The number of ether oxygens (including phenoxy) is 2. The number of hydrogen-bond acceptors (Lipinski definition) is 4. The molecule has 5 nitrogen and oxygen atoms in total. The lowest BCUT2D eigenvalue weighted by Crippen LogP contribution is -2.39. The van der Waals surface area contributed by atoms with E-state index in [9.17, 15) is 9.59 Å². The third kappa shape index (κ3) is 7.02. The molecule has 0 aliphatic carbocycles. The second-order valence-corrected chi connectivity index (χ2v) is 3.00. The van der Waals surface area contributed by atoms with Crippen LogP contribution in [0.1, 0.15) is 13.8 Å². The van der Waals surface area contributed by atoms with Crippen molar-refractivity contribution in [1.82, 2.24) is 5.32 Å². The molecule has 0 radical (unpaired) electrons. The summed E-state index contributed by atoms with van der Waals surface area (Å²) in [5.74, 6) is 2.05. The second-order valence-electron chi connectivity index (χ2n) is 2.47. The summed E-state index contributed by atoms with van der Waals surface area (Å²) in [6, 6.07) is -0.718. The molecule has 0 aromatic rings. The van der Waals surface area contributed by atoms with Gasteiger partial charge >= 0.3 is 12.1 Å². The normalized spacial score (nSPS) is 10.6. The summed E-state index contributed by atoms with van der Waals surface area (Å²) in [5.41, 5.74) is 0. The lowest BCUT2D eigenvalue weighted by atomic mass is 10.3. The van der Waals surface area contributed by atoms with Crippen molar-refractivity contribution in [3.8, 4) is 9.85 Å². The molecule has 0 saturated carbocycles. The van der Waals surface area contributed by atoms with Crippen LogP contribution in [0.3, 0.4) is 0 Å². The molecule has 0 aromatic heterocycles. The van der Waals surface area contributed by atoms with Gasteiger partial charge < -0.3 is 14.8 Å². The Morgan fingerprint density at radius 1 is 1.47 bits per heavy atom. The Labute approximate surface area is 102 Å². The van der Waals surface area contributed by atoms with Crippen molar-refractivity contribution in [2.45, 2.75) is 19.9 Å². The number of halogens is 1. The predicted octanol–water partition coefficient (Wildman–Crippen LogP) is 1.06. The van der Waals surface area contributed by atoms with Gasteiger partial charge in [0.2, 0.25) is 0 Å². The molecule has 0 rings (SSSR count). The van der Waals surface area contributed by atoms with Gasteiger partial charge in [0.25, 0.3) is 0 Å². The smallest absolute Gasteiger partial charge is 0.408 e. The molecule has 6 heteroatoms. The van der Waals surface area contributed by atoms with Crippen molar-refractivity contribution in [3.63, 3.8) is 0 Å². The van der Waals surface area contributed by atoms with Crippen molar-refractivity contribution in [3.05, 3.63) is 0 Å². The van der Waals surface area contributed by atoms with Gasteiger partial charge in [0.15, 0.2) is 6.61 Å². The second kappa shape index (κ2) is 8.35. The van der Waals surface area contributed by atoms with Gasteiger partial charge in [-0.15, -0.1) is 0 Å². The summed E-state index contributed by atoms with van der Waals surface area (Å²) in [6.07, 6.45) is -0.685. The van der Waals surface area contributed by atoms with Gasteiger partial charge in [-0.05, 0) is 17.8 Å². The van der Waals surface area contributed by atoms with Crippen molar-refractivity contribution >= 4 is 34.7 Å². The van der Waals surface area contributed by atoms with E-state index in [1.807, 2.05) is 22.6 Å². The van der Waals surface area contributed by atoms with Crippen molar-refractivity contribution in [1.29, 1.82) is 0 Å². The Kier molecular flexibility index (Phi) is 7.81. The first-order valence-corrected chi connectivity index (χ1v) is 5.38. The largest absolute Gasteiger partial charge is 0.464 e. The van der Waals surface area contributed by atoms with E-state index in [0.717, 1.165) is 0 Å². The maximum absolute atomic E-state index is 11.1. The van der Waals surface area contributed by atoms with Crippen LogP contribution < -0.4 is 5.32 Å². The Bertz CT molecular complexity index is 282. The molecule has 0 aromatic carbocycles. The maximum Gasteiger partial charge on any atom is 0.408 e. The van der Waals surface area contributed by atoms with Gasteiger partial charge in [-0.3, -0.25) is 0 Å². The number of esters is 1. The minimum Gasteiger partial charge on any atom is -0.464 e. The minimum absolute atomic E-state index is 0.00428. The molecule has 0 spiro atoms. The molecule has 0 unspecified atom stereocenters. The summed E-state index contributed by atoms with van der Waals surface area (Å²) >= 11 is 1.83. The molecule has 0 bridgehead atoms. The van der Waals surface area contributed by atoms with E-state index in [0.29, 0.717) is 0 Å². The quantitative estimate of drug-likeness (QED) is 0.477. The first-order chi connectivity index (χ1) is 7.11. The van der Waals surface area contributed by atoms with Crippen LogP contribution in [0.4, 0.5) is 4.79 Å². The summed E-state index contributed by atoms with van der Waals surface area (Å²) in [4.78, 5) is 22.1. The summed E-state index contributed by atoms with van der Waals surface area (Å²) in [5, 5.41) is 2.32. The van der Waals surface area contributed by atoms with E-state index in [4.69, 9.17) is 4.74 Å². The Morgan fingerprint density at radius 2 is 2.13 bits per heavy atom. The van der Waals surface area contributed by atoms with E-state index in [2.05, 4.69) is 19.9 Å². The van der Waals surface area contributed by atoms with Crippen LogP contribution in [0.25, 0.3) is 0 Å². The van der Waals surface area contributed by atoms with Crippen molar-refractivity contribution in [2.24, 2.45) is 0 Å². The fraction of sp³-hybridized carbons (Fsp3) is 0.556. The molecular formula is C9H12INO4. The number of hydrogen-bond donors (Lipinski definition) is 1. The summed E-state index contributed by atoms with van der Waals surface area (Å²) in [6.45, 7) is 3.49. The van der Waals surface area contributed by atoms with E-state index >= 15 is 0 Å². The van der Waals surface area contributed by atoms with E-state index < -0.39 is 18.1 Å². The van der Waals surface area contributed by atoms with Crippen LogP contribution in [0.5, 0.6) is 0 Å². The SMILES string of the molecule is CCOC(=O)[C@H](C)NC(=O)OCC#CI. The lowest BCUT2D eigenvalue weighted by molar-refractivity contribution is -0.145. The van der Waals surface area contributed by atoms with Crippen LogP contribution in [0.15, 0.2) is 0 Å². The van der Waals surface area contributed by atoms with Crippen molar-refractivity contribution in [2.75, 3.05) is 13.2 Å². The van der Waals surface area contributed by atoms with Gasteiger partial charge in [-0.2, -0.15) is 0 Å². The molecule has 0 heterocycles. The van der Waals surface area contributed by atoms with Gasteiger partial charge in [-0.25, -0.2) is 9.59 Å². The summed E-state index contributed by atoms with van der Waals surface area (Å²) < 4.78 is 11.9. The maximum atomic E-state index is 11.1. The Morgan fingerprint density at radius 3 is 2.67 bits per heavy atom. The van der Waals surface area contributed by atoms with Crippen molar-refractivity contribution < 1.29 is 19.1 Å². The number of nitrogens with one attached hydrogen (secondary N) is 1. The molecule has 15 heavy (non-hydrogen) atoms. The molecule has 1 amide bonds. The molecule has 0 aliphatic rings. The molecule has 1 N–H and O–H groups in total. The molecular weight excluding hydrogens is 313 g/mol. The molecule has 0 saturated heterocycles. The van der Waals surface area contributed by atoms with Gasteiger partial charge in [-0.1, -0.05) is 5.92 Å². The van der Waals surface area contributed by atoms with Crippen LogP contribution in [0.2, 0.25) is 0 Å².